The smallest absolute Gasteiger partial charge is 0.171 e. The number of benzene rings is 2. The number of hydrogen-bond donors (Lipinski definition) is 0. The van der Waals surface area contributed by atoms with E-state index in [-0.39, 0.29) is 10.8 Å². The van der Waals surface area contributed by atoms with Crippen molar-refractivity contribution in [3.05, 3.63) is 130 Å². The molecule has 2 aromatic rings. The van der Waals surface area contributed by atoms with Gasteiger partial charge in [-0.15, -0.1) is 0 Å². The molecule has 2 unspecified atom stereocenters. The Balaban J connectivity index is 1.84. The molecule has 4 nitrogen and oxygen atoms in total. The van der Waals surface area contributed by atoms with Gasteiger partial charge in [0, 0.05) is 0 Å². The lowest BCUT2D eigenvalue weighted by Gasteiger charge is -2.33. The average molecular weight is 683 g/mol. The predicted octanol–water partition coefficient (Wildman–Crippen LogP) is 12.0. The van der Waals surface area contributed by atoms with Crippen molar-refractivity contribution in [3.8, 4) is 11.5 Å². The fourth-order valence-corrected chi connectivity index (χ4v) is 9.74. The lowest BCUT2D eigenvalue weighted by Crippen LogP contribution is -2.20. The Morgan fingerprint density at radius 1 is 0.653 bits per heavy atom. The van der Waals surface area contributed by atoms with Gasteiger partial charge in [-0.25, -0.2) is 8.42 Å². The van der Waals surface area contributed by atoms with Crippen molar-refractivity contribution in [1.29, 1.82) is 0 Å². The van der Waals surface area contributed by atoms with Crippen molar-refractivity contribution in [1.82, 2.24) is 0 Å². The number of ether oxygens (including phenoxy) is 2. The topological polar surface area (TPSA) is 52.6 Å². The first kappa shape index (κ1) is 38.2. The van der Waals surface area contributed by atoms with E-state index in [2.05, 4.69) is 65.8 Å². The molecule has 2 aromatic carbocycles. The van der Waals surface area contributed by atoms with Crippen LogP contribution < -0.4 is 9.47 Å². The zero-order chi connectivity index (χ0) is 36.0. The van der Waals surface area contributed by atoms with E-state index in [1.807, 2.05) is 74.5 Å². The molecule has 0 saturated carbocycles. The molecule has 2 aliphatic rings. The van der Waals surface area contributed by atoms with Crippen LogP contribution >= 0.6 is 0 Å². The molecule has 0 amide bonds. The molecule has 4 rings (SSSR count). The highest BCUT2D eigenvalue weighted by molar-refractivity contribution is 7.92. The van der Waals surface area contributed by atoms with E-state index < -0.39 is 20.3 Å². The van der Waals surface area contributed by atoms with Crippen molar-refractivity contribution in [3.63, 3.8) is 0 Å². The minimum atomic E-state index is -3.88. The number of sulfone groups is 1. The molecule has 0 N–H and O–H groups in total. The number of hydrogen-bond acceptors (Lipinski definition) is 4. The van der Waals surface area contributed by atoms with E-state index >= 15 is 8.42 Å². The van der Waals surface area contributed by atoms with Crippen LogP contribution in [0.4, 0.5) is 0 Å². The Labute approximate surface area is 297 Å². The SMILES string of the molecule is COc1ccc(C(C=C(C)C=CC2=C(C)CCCC2(C)C)S(=O)(=O)C(C=C(C)C=CC2=C(C)CCCC2(C)C)c2ccc(OC)cc2)cc1. The molecule has 0 fully saturated rings. The quantitative estimate of drug-likeness (QED) is 0.209. The van der Waals surface area contributed by atoms with E-state index in [0.717, 1.165) is 36.8 Å². The summed E-state index contributed by atoms with van der Waals surface area (Å²) in [6, 6.07) is 14.8. The molecule has 0 aliphatic heterocycles. The third kappa shape index (κ3) is 9.36. The molecule has 0 saturated heterocycles. The summed E-state index contributed by atoms with van der Waals surface area (Å²) < 4.78 is 41.1. The van der Waals surface area contributed by atoms with Gasteiger partial charge in [0.05, 0.1) is 14.2 Å². The van der Waals surface area contributed by atoms with Crippen LogP contribution in [0.5, 0.6) is 11.5 Å². The third-order valence-electron chi connectivity index (χ3n) is 10.5. The third-order valence-corrected chi connectivity index (χ3v) is 12.8. The molecule has 2 atom stereocenters. The van der Waals surface area contributed by atoms with Gasteiger partial charge in [0.15, 0.2) is 9.84 Å². The lowest BCUT2D eigenvalue weighted by molar-refractivity contribution is 0.376. The van der Waals surface area contributed by atoms with Gasteiger partial charge in [-0.3, -0.25) is 0 Å². The molecule has 5 heteroatoms. The van der Waals surface area contributed by atoms with Gasteiger partial charge >= 0.3 is 0 Å². The molecular weight excluding hydrogens is 625 g/mol. The van der Waals surface area contributed by atoms with Gasteiger partial charge in [0.1, 0.15) is 22.0 Å². The van der Waals surface area contributed by atoms with E-state index in [1.165, 1.54) is 35.1 Å². The maximum absolute atomic E-state index is 15.1. The van der Waals surface area contributed by atoms with Crippen LogP contribution in [0.3, 0.4) is 0 Å². The summed E-state index contributed by atoms with van der Waals surface area (Å²) in [5.41, 5.74) is 8.93. The number of rotatable bonds is 12. The highest BCUT2D eigenvalue weighted by atomic mass is 32.2. The largest absolute Gasteiger partial charge is 0.497 e. The normalized spacial score (nSPS) is 20.2. The minimum Gasteiger partial charge on any atom is -0.497 e. The van der Waals surface area contributed by atoms with E-state index in [0.29, 0.717) is 22.6 Å². The van der Waals surface area contributed by atoms with Gasteiger partial charge in [-0.2, -0.15) is 0 Å². The van der Waals surface area contributed by atoms with Crippen LogP contribution in [-0.2, 0) is 9.84 Å². The van der Waals surface area contributed by atoms with E-state index in [9.17, 15) is 0 Å². The monoisotopic (exact) mass is 682 g/mol. The molecular formula is C44H58O4S. The summed E-state index contributed by atoms with van der Waals surface area (Å²) in [5.74, 6) is 1.37. The van der Waals surface area contributed by atoms with Crippen molar-refractivity contribution >= 4 is 9.84 Å². The molecule has 0 aromatic heterocycles. The average Bonchev–Trinajstić information content (AvgIpc) is 3.05. The van der Waals surface area contributed by atoms with Gasteiger partial charge < -0.3 is 9.47 Å². The molecule has 0 bridgehead atoms. The van der Waals surface area contributed by atoms with Crippen LogP contribution in [0.15, 0.2) is 118 Å². The van der Waals surface area contributed by atoms with Crippen LogP contribution in [0.25, 0.3) is 0 Å². The van der Waals surface area contributed by atoms with Crippen LogP contribution in [-0.4, -0.2) is 22.6 Å². The van der Waals surface area contributed by atoms with Crippen LogP contribution in [0, 0.1) is 10.8 Å². The number of allylic oxidation sites excluding steroid dienone is 10. The van der Waals surface area contributed by atoms with Gasteiger partial charge in [0.2, 0.25) is 0 Å². The standard InChI is InChI=1S/C44H58O4S/c1-31(15-25-39-33(3)13-11-27-43(39,5)6)29-41(35-17-21-37(47-9)22-18-35)49(45,46)42(36-19-23-38(48-10)24-20-36)30-32(2)16-26-40-34(4)14-12-28-44(40,7)8/h15-26,29-30,41-42H,11-14,27-28H2,1-10H3. The first-order valence-electron chi connectivity index (χ1n) is 17.7. The van der Waals surface area contributed by atoms with E-state index in [4.69, 9.17) is 9.47 Å². The molecule has 49 heavy (non-hydrogen) atoms. The van der Waals surface area contributed by atoms with Gasteiger partial charge in [-0.05, 0) is 124 Å². The summed E-state index contributed by atoms with van der Waals surface area (Å²) in [6.07, 6.45) is 19.3. The Morgan fingerprint density at radius 2 is 1.00 bits per heavy atom. The molecule has 264 valence electrons. The second-order valence-electron chi connectivity index (χ2n) is 15.3. The number of methoxy groups -OCH3 is 2. The van der Waals surface area contributed by atoms with Crippen LogP contribution in [0.2, 0.25) is 0 Å². The van der Waals surface area contributed by atoms with Crippen LogP contribution in [0.1, 0.15) is 116 Å². The zero-order valence-electron chi connectivity index (χ0n) is 31.5. The van der Waals surface area contributed by atoms with Crippen molar-refractivity contribution in [2.45, 2.75) is 104 Å². The minimum absolute atomic E-state index is 0.0945. The summed E-state index contributed by atoms with van der Waals surface area (Å²) in [7, 11) is -0.640. The van der Waals surface area contributed by atoms with Gasteiger partial charge in [0.25, 0.3) is 0 Å². The Bertz CT molecular complexity index is 1630. The fraction of sp³-hybridized carbons (Fsp3) is 0.455. The molecule has 2 aliphatic carbocycles. The molecule has 0 heterocycles. The maximum atomic E-state index is 15.1. The van der Waals surface area contributed by atoms with Crippen molar-refractivity contribution in [2.24, 2.45) is 10.8 Å². The highest BCUT2D eigenvalue weighted by Crippen LogP contribution is 2.43. The maximum Gasteiger partial charge on any atom is 0.171 e. The Kier molecular flexibility index (Phi) is 12.5. The summed E-state index contributed by atoms with van der Waals surface area (Å²) in [5, 5.41) is -1.78. The molecule has 0 spiro atoms. The lowest BCUT2D eigenvalue weighted by atomic mass is 9.72. The second-order valence-corrected chi connectivity index (χ2v) is 17.5. The second kappa shape index (κ2) is 16.0. The first-order valence-corrected chi connectivity index (χ1v) is 19.3. The summed E-state index contributed by atoms with van der Waals surface area (Å²) in [4.78, 5) is 0. The van der Waals surface area contributed by atoms with E-state index in [1.54, 1.807) is 14.2 Å². The highest BCUT2D eigenvalue weighted by Gasteiger charge is 2.35. The first-order chi connectivity index (χ1) is 23.1. The zero-order valence-corrected chi connectivity index (χ0v) is 32.3. The summed E-state index contributed by atoms with van der Waals surface area (Å²) in [6.45, 7) is 17.7. The Morgan fingerprint density at radius 3 is 1.31 bits per heavy atom. The predicted molar refractivity (Wildman–Crippen MR) is 207 cm³/mol. The Hall–Kier alpha value is -3.57. The fourth-order valence-electron chi connectivity index (χ4n) is 7.55. The van der Waals surface area contributed by atoms with Crippen molar-refractivity contribution < 1.29 is 17.9 Å². The molecule has 0 radical (unpaired) electrons. The summed E-state index contributed by atoms with van der Waals surface area (Å²) >= 11 is 0. The van der Waals surface area contributed by atoms with Gasteiger partial charge in [-0.1, -0.05) is 111 Å². The van der Waals surface area contributed by atoms with Crippen molar-refractivity contribution in [2.75, 3.05) is 14.2 Å².